The highest BCUT2D eigenvalue weighted by Gasteiger charge is 2.02. The number of allylic oxidation sites excluding steroid dienone is 1. The van der Waals surface area contributed by atoms with Gasteiger partial charge in [-0.05, 0) is 47.4 Å². The first kappa shape index (κ1) is 17.2. The minimum Gasteiger partial charge on any atom is -0.0972 e. The van der Waals surface area contributed by atoms with Gasteiger partial charge in [0.25, 0.3) is 0 Å². The zero-order valence-corrected chi connectivity index (χ0v) is 14.8. The quantitative estimate of drug-likeness (QED) is 0.348. The van der Waals surface area contributed by atoms with E-state index in [1.807, 2.05) is 23.5 Å². The number of hydrogen-bond donors (Lipinski definition) is 0. The molecule has 0 aliphatic heterocycles. The molecule has 0 saturated heterocycles. The summed E-state index contributed by atoms with van der Waals surface area (Å²) >= 11 is 3.73. The van der Waals surface area contributed by atoms with Gasteiger partial charge in [-0.15, -0.1) is 0 Å². The smallest absolute Gasteiger partial charge is 0.0119 e. The number of hydrogen-bond acceptors (Lipinski definition) is 2. The number of benzene rings is 2. The highest BCUT2D eigenvalue weighted by atomic mass is 32.2. The first-order valence-electron chi connectivity index (χ1n) is 8.02. The van der Waals surface area contributed by atoms with E-state index in [0.29, 0.717) is 0 Å². The van der Waals surface area contributed by atoms with Crippen molar-refractivity contribution in [3.8, 4) is 0 Å². The summed E-state index contributed by atoms with van der Waals surface area (Å²) in [5.41, 5.74) is 0. The highest BCUT2D eigenvalue weighted by Crippen LogP contribution is 2.33. The van der Waals surface area contributed by atoms with Gasteiger partial charge in [0, 0.05) is 9.79 Å². The molecule has 2 heteroatoms. The van der Waals surface area contributed by atoms with Gasteiger partial charge >= 0.3 is 0 Å². The molecule has 0 radical (unpaired) electrons. The minimum absolute atomic E-state index is 1.18. The van der Waals surface area contributed by atoms with Crippen LogP contribution in [-0.2, 0) is 0 Å². The summed E-state index contributed by atoms with van der Waals surface area (Å²) in [7, 11) is 0. The van der Waals surface area contributed by atoms with Gasteiger partial charge in [0.2, 0.25) is 0 Å². The molecule has 0 N–H and O–H groups in total. The van der Waals surface area contributed by atoms with Crippen molar-refractivity contribution in [2.45, 2.75) is 48.8 Å². The van der Waals surface area contributed by atoms with Crippen LogP contribution in [-0.4, -0.2) is 0 Å². The Kier molecular flexibility index (Phi) is 8.29. The average Bonchev–Trinajstić information content (AvgIpc) is 2.58. The van der Waals surface area contributed by atoms with Gasteiger partial charge in [0.1, 0.15) is 0 Å². The summed E-state index contributed by atoms with van der Waals surface area (Å²) in [5.74, 6) is 0. The van der Waals surface area contributed by atoms with E-state index in [1.54, 1.807) is 0 Å². The lowest BCUT2D eigenvalue weighted by molar-refractivity contribution is 0.672. The van der Waals surface area contributed by atoms with Crippen molar-refractivity contribution in [3.63, 3.8) is 0 Å². The Morgan fingerprint density at radius 1 is 0.818 bits per heavy atom. The number of unbranched alkanes of at least 4 members (excludes halogenated alkanes) is 3. The molecule has 0 fully saturated rings. The zero-order chi connectivity index (χ0) is 15.5. The normalized spacial score (nSPS) is 11.6. The van der Waals surface area contributed by atoms with Gasteiger partial charge in [-0.2, -0.15) is 0 Å². The summed E-state index contributed by atoms with van der Waals surface area (Å²) in [6, 6.07) is 21.3. The average molecular weight is 329 g/mol. The summed E-state index contributed by atoms with van der Waals surface area (Å²) < 4.78 is 0. The lowest BCUT2D eigenvalue weighted by atomic mass is 10.1. The van der Waals surface area contributed by atoms with Crippen LogP contribution in [0.1, 0.15) is 39.0 Å². The summed E-state index contributed by atoms with van der Waals surface area (Å²) in [6.45, 7) is 2.26. The fourth-order valence-electron chi connectivity index (χ4n) is 2.13. The van der Waals surface area contributed by atoms with Gasteiger partial charge in [-0.1, -0.05) is 86.1 Å². The van der Waals surface area contributed by atoms with E-state index in [0.717, 1.165) is 0 Å². The fourth-order valence-corrected chi connectivity index (χ4v) is 4.01. The molecule has 2 rings (SSSR count). The van der Waals surface area contributed by atoms with E-state index in [2.05, 4.69) is 73.0 Å². The van der Waals surface area contributed by atoms with Crippen molar-refractivity contribution in [1.29, 1.82) is 0 Å². The second-order valence-corrected chi connectivity index (χ2v) is 7.38. The molecule has 0 bridgehead atoms. The van der Waals surface area contributed by atoms with E-state index in [9.17, 15) is 0 Å². The van der Waals surface area contributed by atoms with Crippen molar-refractivity contribution >= 4 is 23.5 Å². The van der Waals surface area contributed by atoms with Crippen molar-refractivity contribution in [2.24, 2.45) is 0 Å². The van der Waals surface area contributed by atoms with Crippen molar-refractivity contribution in [2.75, 3.05) is 0 Å². The lowest BCUT2D eigenvalue weighted by Gasteiger charge is -2.08. The summed E-state index contributed by atoms with van der Waals surface area (Å²) in [4.78, 5) is 4.11. The van der Waals surface area contributed by atoms with Crippen LogP contribution in [0.4, 0.5) is 0 Å². The molecule has 116 valence electrons. The van der Waals surface area contributed by atoms with Crippen molar-refractivity contribution in [3.05, 3.63) is 71.0 Å². The molecule has 2 aromatic rings. The molecule has 0 amide bonds. The molecule has 0 nitrogen and oxygen atoms in total. The second kappa shape index (κ2) is 10.6. The second-order valence-electron chi connectivity index (χ2n) is 5.24. The molecule has 0 aliphatic rings. The topological polar surface area (TPSA) is 0 Å². The zero-order valence-electron chi connectivity index (χ0n) is 13.2. The summed E-state index contributed by atoms with van der Waals surface area (Å²) in [5, 5.41) is 2.33. The molecule has 0 unspecified atom stereocenters. The molecule has 22 heavy (non-hydrogen) atoms. The van der Waals surface area contributed by atoms with Crippen molar-refractivity contribution < 1.29 is 0 Å². The largest absolute Gasteiger partial charge is 0.0972 e. The maximum absolute atomic E-state index is 2.33. The maximum Gasteiger partial charge on any atom is 0.0119 e. The number of rotatable bonds is 9. The molecule has 0 atom stereocenters. The Morgan fingerprint density at radius 3 is 2.09 bits per heavy atom. The highest BCUT2D eigenvalue weighted by molar-refractivity contribution is 8.06. The van der Waals surface area contributed by atoms with Crippen LogP contribution in [0.15, 0.2) is 80.8 Å². The van der Waals surface area contributed by atoms with E-state index in [4.69, 9.17) is 0 Å². The standard InChI is InChI=1S/C20H24S2/c1-2-3-4-7-16-20(22-19-14-10-6-11-15-19)17-21-18-12-8-5-9-13-18/h5-6,8-15,17H,2-4,7,16H2,1H3/b20-17-. The van der Waals surface area contributed by atoms with Crippen LogP contribution in [0.25, 0.3) is 0 Å². The Balaban J connectivity index is 1.97. The van der Waals surface area contributed by atoms with Crippen LogP contribution in [0.3, 0.4) is 0 Å². The Hall–Kier alpha value is -1.12. The molecule has 0 spiro atoms. The Morgan fingerprint density at radius 2 is 1.45 bits per heavy atom. The van der Waals surface area contributed by atoms with E-state index in [1.165, 1.54) is 46.8 Å². The molecule has 2 aromatic carbocycles. The first-order valence-corrected chi connectivity index (χ1v) is 9.71. The van der Waals surface area contributed by atoms with Crippen LogP contribution in [0, 0.1) is 0 Å². The van der Waals surface area contributed by atoms with Gasteiger partial charge in [-0.3, -0.25) is 0 Å². The van der Waals surface area contributed by atoms with Crippen LogP contribution in [0.2, 0.25) is 0 Å². The van der Waals surface area contributed by atoms with Crippen LogP contribution >= 0.6 is 23.5 Å². The molecule has 0 aliphatic carbocycles. The molecule has 0 heterocycles. The van der Waals surface area contributed by atoms with E-state index < -0.39 is 0 Å². The predicted octanol–water partition coefficient (Wildman–Crippen LogP) is 7.38. The first-order chi connectivity index (χ1) is 10.9. The van der Waals surface area contributed by atoms with Crippen LogP contribution < -0.4 is 0 Å². The van der Waals surface area contributed by atoms with E-state index >= 15 is 0 Å². The van der Waals surface area contributed by atoms with Gasteiger partial charge in [0.05, 0.1) is 0 Å². The maximum atomic E-state index is 2.33. The minimum atomic E-state index is 1.18. The lowest BCUT2D eigenvalue weighted by Crippen LogP contribution is -1.81. The fraction of sp³-hybridized carbons (Fsp3) is 0.300. The van der Waals surface area contributed by atoms with Gasteiger partial charge in [0.15, 0.2) is 0 Å². The van der Waals surface area contributed by atoms with E-state index in [-0.39, 0.29) is 0 Å². The third kappa shape index (κ3) is 6.76. The molecular formula is C20H24S2. The molecule has 0 saturated carbocycles. The third-order valence-electron chi connectivity index (χ3n) is 3.34. The Bertz CT molecular complexity index is 546. The Labute approximate surface area is 143 Å². The third-order valence-corrected chi connectivity index (χ3v) is 5.53. The van der Waals surface area contributed by atoms with Gasteiger partial charge in [-0.25, -0.2) is 0 Å². The van der Waals surface area contributed by atoms with Crippen LogP contribution in [0.5, 0.6) is 0 Å². The van der Waals surface area contributed by atoms with Gasteiger partial charge < -0.3 is 0 Å². The molecule has 0 aromatic heterocycles. The SMILES string of the molecule is CCCCCC/C(=C/Sc1ccccc1)Sc1ccccc1. The summed E-state index contributed by atoms with van der Waals surface area (Å²) in [6.07, 6.45) is 6.44. The molecular weight excluding hydrogens is 304 g/mol. The predicted molar refractivity (Wildman–Crippen MR) is 101 cm³/mol. The number of thioether (sulfide) groups is 2. The van der Waals surface area contributed by atoms with Crippen molar-refractivity contribution in [1.82, 2.24) is 0 Å². The monoisotopic (exact) mass is 328 g/mol.